The van der Waals surface area contributed by atoms with Crippen LogP contribution in [0.5, 0.6) is 0 Å². The highest BCUT2D eigenvalue weighted by Crippen LogP contribution is 2.22. The van der Waals surface area contributed by atoms with Crippen molar-refractivity contribution < 1.29 is 8.42 Å². The molecule has 1 aromatic heterocycles. The fraction of sp³-hybridized carbons (Fsp3) is 0.667. The van der Waals surface area contributed by atoms with Crippen molar-refractivity contribution in [3.8, 4) is 0 Å². The van der Waals surface area contributed by atoms with Crippen molar-refractivity contribution >= 4 is 10.0 Å². The van der Waals surface area contributed by atoms with Gasteiger partial charge in [-0.2, -0.15) is 4.31 Å². The lowest BCUT2D eigenvalue weighted by atomic mass is 10.0. The van der Waals surface area contributed by atoms with E-state index in [2.05, 4.69) is 31.1 Å². The summed E-state index contributed by atoms with van der Waals surface area (Å²) in [5, 5.41) is 3.45. The fourth-order valence-corrected chi connectivity index (χ4v) is 4.00. The normalized spacial score (nSPS) is 20.9. The van der Waals surface area contributed by atoms with Crippen LogP contribution in [-0.4, -0.2) is 36.8 Å². The van der Waals surface area contributed by atoms with Crippen LogP contribution >= 0.6 is 0 Å². The Hall–Kier alpha value is -0.980. The van der Waals surface area contributed by atoms with Crippen LogP contribution in [0.1, 0.15) is 39.2 Å². The third-order valence-corrected chi connectivity index (χ3v) is 5.52. The Morgan fingerprint density at radius 1 is 1.43 bits per heavy atom. The molecule has 1 aliphatic rings. The van der Waals surface area contributed by atoms with Crippen molar-refractivity contribution in [3.05, 3.63) is 23.9 Å². The summed E-state index contributed by atoms with van der Waals surface area (Å²) in [5.41, 5.74) is 0.995. The van der Waals surface area contributed by atoms with E-state index in [1.54, 1.807) is 16.6 Å². The fourth-order valence-electron chi connectivity index (χ4n) is 2.49. The first-order chi connectivity index (χ1) is 9.89. The van der Waals surface area contributed by atoms with E-state index < -0.39 is 10.0 Å². The zero-order chi connectivity index (χ0) is 15.5. The number of hydrogen-bond donors (Lipinski definition) is 1. The lowest BCUT2D eigenvalue weighted by Crippen LogP contribution is -2.39. The van der Waals surface area contributed by atoms with Crippen LogP contribution in [0.15, 0.2) is 23.4 Å². The summed E-state index contributed by atoms with van der Waals surface area (Å²) >= 11 is 0. The summed E-state index contributed by atoms with van der Waals surface area (Å²) in [6, 6.07) is 3.84. The molecule has 118 valence electrons. The summed E-state index contributed by atoms with van der Waals surface area (Å²) in [6.07, 6.45) is 3.67. The van der Waals surface area contributed by atoms with Gasteiger partial charge in [0.2, 0.25) is 0 Å². The predicted octanol–water partition coefficient (Wildman–Crippen LogP) is 2.00. The average molecular weight is 311 g/mol. The molecular weight excluding hydrogens is 286 g/mol. The highest BCUT2D eigenvalue weighted by Gasteiger charge is 2.29. The number of rotatable bonds is 5. The number of piperidine rings is 1. The molecule has 0 aromatic carbocycles. The summed E-state index contributed by atoms with van der Waals surface area (Å²) in [4.78, 5) is 4.16. The largest absolute Gasteiger partial charge is 0.310 e. The quantitative estimate of drug-likeness (QED) is 0.903. The first-order valence-electron chi connectivity index (χ1n) is 7.58. The number of pyridine rings is 1. The van der Waals surface area contributed by atoms with Crippen molar-refractivity contribution in [2.75, 3.05) is 13.1 Å². The van der Waals surface area contributed by atoms with Gasteiger partial charge >= 0.3 is 0 Å². The third kappa shape index (κ3) is 4.25. The Labute approximate surface area is 127 Å². The van der Waals surface area contributed by atoms with Gasteiger partial charge in [-0.25, -0.2) is 13.4 Å². The van der Waals surface area contributed by atoms with Crippen LogP contribution in [0.4, 0.5) is 0 Å². The molecule has 0 bridgehead atoms. The Balaban J connectivity index is 2.09. The Bertz CT molecular complexity index is 555. The molecule has 1 fully saturated rings. The second-order valence-electron chi connectivity index (χ2n) is 6.15. The summed E-state index contributed by atoms with van der Waals surface area (Å²) in [6.45, 7) is 8.14. The van der Waals surface area contributed by atoms with Crippen LogP contribution in [-0.2, 0) is 16.6 Å². The number of nitrogens with zero attached hydrogens (tertiary/aromatic N) is 2. The van der Waals surface area contributed by atoms with Crippen LogP contribution in [0.2, 0.25) is 0 Å². The molecule has 0 radical (unpaired) electrons. The van der Waals surface area contributed by atoms with Crippen LogP contribution < -0.4 is 5.32 Å². The van der Waals surface area contributed by atoms with Crippen LogP contribution in [0, 0.1) is 5.92 Å². The van der Waals surface area contributed by atoms with Gasteiger partial charge in [0.1, 0.15) is 0 Å². The molecule has 1 atom stereocenters. The maximum absolute atomic E-state index is 12.6. The zero-order valence-corrected chi connectivity index (χ0v) is 13.9. The molecule has 2 rings (SSSR count). The van der Waals surface area contributed by atoms with Gasteiger partial charge in [0, 0.05) is 31.9 Å². The molecule has 0 aliphatic carbocycles. The molecule has 1 aliphatic heterocycles. The van der Waals surface area contributed by atoms with Crippen molar-refractivity contribution in [1.29, 1.82) is 0 Å². The topological polar surface area (TPSA) is 62.3 Å². The Kier molecular flexibility index (Phi) is 5.35. The molecule has 1 unspecified atom stereocenters. The Morgan fingerprint density at radius 2 is 2.19 bits per heavy atom. The van der Waals surface area contributed by atoms with Crippen LogP contribution in [0.3, 0.4) is 0 Å². The molecule has 2 heterocycles. The first kappa shape index (κ1) is 16.4. The van der Waals surface area contributed by atoms with E-state index in [-0.39, 0.29) is 5.03 Å². The summed E-state index contributed by atoms with van der Waals surface area (Å²) in [5.74, 6) is 0.419. The average Bonchev–Trinajstić information content (AvgIpc) is 2.45. The second-order valence-corrected chi connectivity index (χ2v) is 8.04. The van der Waals surface area contributed by atoms with Crippen molar-refractivity contribution in [3.63, 3.8) is 0 Å². The predicted molar refractivity (Wildman–Crippen MR) is 83.4 cm³/mol. The summed E-state index contributed by atoms with van der Waals surface area (Å²) in [7, 11) is -3.44. The minimum atomic E-state index is -3.44. The molecule has 1 N–H and O–H groups in total. The molecule has 0 amide bonds. The maximum Gasteiger partial charge on any atom is 0.260 e. The molecule has 5 nitrogen and oxygen atoms in total. The molecule has 0 spiro atoms. The van der Waals surface area contributed by atoms with Gasteiger partial charge in [-0.15, -0.1) is 0 Å². The van der Waals surface area contributed by atoms with Gasteiger partial charge in [0.25, 0.3) is 10.0 Å². The van der Waals surface area contributed by atoms with E-state index in [0.717, 1.165) is 18.4 Å². The first-order valence-corrected chi connectivity index (χ1v) is 9.02. The van der Waals surface area contributed by atoms with Crippen LogP contribution in [0.25, 0.3) is 0 Å². The van der Waals surface area contributed by atoms with Gasteiger partial charge in [-0.1, -0.05) is 26.8 Å². The molecule has 1 saturated heterocycles. The zero-order valence-electron chi connectivity index (χ0n) is 13.0. The van der Waals surface area contributed by atoms with Gasteiger partial charge in [0.15, 0.2) is 5.03 Å². The third-order valence-electron chi connectivity index (χ3n) is 3.74. The molecule has 0 saturated carbocycles. The minimum absolute atomic E-state index is 0.157. The number of aromatic nitrogens is 1. The van der Waals surface area contributed by atoms with Gasteiger partial charge in [-0.3, -0.25) is 0 Å². The van der Waals surface area contributed by atoms with Gasteiger partial charge in [0.05, 0.1) is 0 Å². The molecular formula is C15H25N3O2S. The number of nitrogens with one attached hydrogen (secondary N) is 1. The highest BCUT2D eigenvalue weighted by molar-refractivity contribution is 7.89. The van der Waals surface area contributed by atoms with E-state index in [1.165, 1.54) is 0 Å². The van der Waals surface area contributed by atoms with E-state index in [0.29, 0.717) is 31.6 Å². The molecule has 1 aromatic rings. The molecule has 21 heavy (non-hydrogen) atoms. The lowest BCUT2D eigenvalue weighted by molar-refractivity contribution is 0.280. The molecule has 6 heteroatoms. The van der Waals surface area contributed by atoms with E-state index in [1.807, 2.05) is 6.07 Å². The standard InChI is InChI=1S/C15H25N3O2S/c1-12(2)16-9-14-6-7-15(17-10-14)21(19,20)18-8-4-5-13(3)11-18/h6-7,10,12-13,16H,4-5,8-9,11H2,1-3H3. The SMILES string of the molecule is CC1CCCN(S(=O)(=O)c2ccc(CNC(C)C)cn2)C1. The smallest absolute Gasteiger partial charge is 0.260 e. The summed E-state index contributed by atoms with van der Waals surface area (Å²) < 4.78 is 26.7. The van der Waals surface area contributed by atoms with Gasteiger partial charge < -0.3 is 5.32 Å². The lowest BCUT2D eigenvalue weighted by Gasteiger charge is -2.29. The number of sulfonamides is 1. The minimum Gasteiger partial charge on any atom is -0.310 e. The van der Waals surface area contributed by atoms with Gasteiger partial charge in [-0.05, 0) is 30.4 Å². The monoisotopic (exact) mass is 311 g/mol. The van der Waals surface area contributed by atoms with E-state index >= 15 is 0 Å². The highest BCUT2D eigenvalue weighted by atomic mass is 32.2. The van der Waals surface area contributed by atoms with Crippen molar-refractivity contribution in [2.45, 2.75) is 51.2 Å². The van der Waals surface area contributed by atoms with E-state index in [9.17, 15) is 8.42 Å². The number of hydrogen-bond acceptors (Lipinski definition) is 4. The van der Waals surface area contributed by atoms with Crippen molar-refractivity contribution in [2.24, 2.45) is 5.92 Å². The Morgan fingerprint density at radius 3 is 2.76 bits per heavy atom. The van der Waals surface area contributed by atoms with Crippen molar-refractivity contribution in [1.82, 2.24) is 14.6 Å². The second kappa shape index (κ2) is 6.85. The van der Waals surface area contributed by atoms with E-state index in [4.69, 9.17) is 0 Å². The maximum atomic E-state index is 12.6.